The summed E-state index contributed by atoms with van der Waals surface area (Å²) in [5, 5.41) is 7.73. The van der Waals surface area contributed by atoms with Gasteiger partial charge in [-0.1, -0.05) is 22.8 Å². The van der Waals surface area contributed by atoms with Gasteiger partial charge in [0.1, 0.15) is 11.5 Å². The van der Waals surface area contributed by atoms with E-state index in [0.29, 0.717) is 26.1 Å². The first-order valence-electron chi connectivity index (χ1n) is 8.97. The second-order valence-electron chi connectivity index (χ2n) is 6.82. The summed E-state index contributed by atoms with van der Waals surface area (Å²) in [7, 11) is 0. The number of halogens is 5. The fourth-order valence-corrected chi connectivity index (χ4v) is 3.70. The average Bonchev–Trinajstić information content (AvgIpc) is 3.29. The molecule has 1 aliphatic rings. The highest BCUT2D eigenvalue weighted by molar-refractivity contribution is 6.33. The van der Waals surface area contributed by atoms with E-state index in [9.17, 15) is 17.6 Å². The molecule has 1 aromatic carbocycles. The van der Waals surface area contributed by atoms with Crippen LogP contribution in [-0.4, -0.2) is 28.2 Å². The van der Waals surface area contributed by atoms with E-state index in [-0.39, 0.29) is 40.1 Å². The van der Waals surface area contributed by atoms with Crippen molar-refractivity contribution in [2.24, 2.45) is 5.92 Å². The first-order valence-corrected chi connectivity index (χ1v) is 9.34. The Bertz CT molecular complexity index is 989. The van der Waals surface area contributed by atoms with E-state index in [1.807, 2.05) is 0 Å². The number of alkyl halides is 3. The predicted octanol–water partition coefficient (Wildman–Crippen LogP) is 5.44. The summed E-state index contributed by atoms with van der Waals surface area (Å²) in [6.45, 7) is 1.17. The number of benzene rings is 1. The lowest BCUT2D eigenvalue weighted by Crippen LogP contribution is -2.24. The van der Waals surface area contributed by atoms with Gasteiger partial charge in [-0.15, -0.1) is 0 Å². The summed E-state index contributed by atoms with van der Waals surface area (Å²) < 4.78 is 66.9. The third kappa shape index (κ3) is 4.02. The molecule has 1 saturated heterocycles. The molecular weight excluding hydrogens is 414 g/mol. The van der Waals surface area contributed by atoms with E-state index in [4.69, 9.17) is 20.9 Å². The Morgan fingerprint density at radius 3 is 2.66 bits per heavy atom. The van der Waals surface area contributed by atoms with E-state index in [0.717, 1.165) is 10.9 Å². The molecule has 4 rings (SSSR count). The van der Waals surface area contributed by atoms with Crippen molar-refractivity contribution in [3.8, 4) is 22.6 Å². The van der Waals surface area contributed by atoms with Gasteiger partial charge in [0.15, 0.2) is 11.5 Å². The summed E-state index contributed by atoms with van der Waals surface area (Å²) in [5.74, 6) is -0.770. The summed E-state index contributed by atoms with van der Waals surface area (Å²) in [4.78, 5) is 0. The number of ether oxygens (including phenoxy) is 1. The molecular formula is C19H16ClF4N3O2. The zero-order valence-electron chi connectivity index (χ0n) is 15.0. The van der Waals surface area contributed by atoms with Crippen LogP contribution in [0.4, 0.5) is 17.6 Å². The molecule has 0 amide bonds. The van der Waals surface area contributed by atoms with E-state index in [1.165, 1.54) is 24.3 Å². The Morgan fingerprint density at radius 2 is 1.97 bits per heavy atom. The Labute approximate surface area is 168 Å². The summed E-state index contributed by atoms with van der Waals surface area (Å²) >= 11 is 6.01. The summed E-state index contributed by atoms with van der Waals surface area (Å²) in [5.41, 5.74) is -1.21. The van der Waals surface area contributed by atoms with Crippen LogP contribution in [0.5, 0.6) is 0 Å². The molecule has 29 heavy (non-hydrogen) atoms. The van der Waals surface area contributed by atoms with Crippen molar-refractivity contribution in [1.82, 2.24) is 14.9 Å². The van der Waals surface area contributed by atoms with E-state index in [2.05, 4.69) is 10.3 Å². The molecule has 1 fully saturated rings. The molecule has 5 nitrogen and oxygen atoms in total. The van der Waals surface area contributed by atoms with Gasteiger partial charge in [-0.05, 0) is 30.9 Å². The van der Waals surface area contributed by atoms with Crippen LogP contribution in [0, 0.1) is 11.7 Å². The molecule has 3 heterocycles. The van der Waals surface area contributed by atoms with Gasteiger partial charge >= 0.3 is 6.18 Å². The molecule has 0 bridgehead atoms. The van der Waals surface area contributed by atoms with Gasteiger partial charge in [0.05, 0.1) is 22.3 Å². The smallest absolute Gasteiger partial charge is 0.381 e. The molecule has 0 aliphatic carbocycles. The van der Waals surface area contributed by atoms with Crippen molar-refractivity contribution in [2.75, 3.05) is 13.2 Å². The summed E-state index contributed by atoms with van der Waals surface area (Å²) in [6, 6.07) is 5.30. The predicted molar refractivity (Wildman–Crippen MR) is 96.7 cm³/mol. The van der Waals surface area contributed by atoms with E-state index in [1.54, 1.807) is 0 Å². The topological polar surface area (TPSA) is 53.1 Å². The Balaban J connectivity index is 1.71. The van der Waals surface area contributed by atoms with Gasteiger partial charge in [-0.2, -0.15) is 18.3 Å². The molecule has 10 heteroatoms. The van der Waals surface area contributed by atoms with Crippen molar-refractivity contribution in [2.45, 2.75) is 25.6 Å². The molecule has 3 aromatic rings. The molecule has 0 N–H and O–H groups in total. The van der Waals surface area contributed by atoms with Crippen molar-refractivity contribution in [1.29, 1.82) is 0 Å². The zero-order valence-corrected chi connectivity index (χ0v) is 15.8. The third-order valence-corrected chi connectivity index (χ3v) is 5.19. The highest BCUT2D eigenvalue weighted by Crippen LogP contribution is 2.39. The maximum absolute atomic E-state index is 14.1. The first-order chi connectivity index (χ1) is 13.8. The molecule has 0 atom stereocenters. The number of nitrogens with zero attached hydrogens (tertiary/aromatic N) is 3. The third-order valence-electron chi connectivity index (χ3n) is 4.87. The number of hydrogen-bond acceptors (Lipinski definition) is 4. The molecule has 154 valence electrons. The second-order valence-corrected chi connectivity index (χ2v) is 7.22. The molecule has 0 unspecified atom stereocenters. The monoisotopic (exact) mass is 429 g/mol. The average molecular weight is 430 g/mol. The molecule has 0 radical (unpaired) electrons. The minimum Gasteiger partial charge on any atom is -0.381 e. The fourth-order valence-electron chi connectivity index (χ4n) is 3.44. The molecule has 0 saturated carbocycles. The number of rotatable bonds is 4. The highest BCUT2D eigenvalue weighted by atomic mass is 35.5. The van der Waals surface area contributed by atoms with E-state index >= 15 is 0 Å². The Hall–Kier alpha value is -2.39. The number of aromatic nitrogens is 3. The lowest BCUT2D eigenvalue weighted by molar-refractivity contribution is -0.144. The zero-order chi connectivity index (χ0) is 20.6. The van der Waals surface area contributed by atoms with Crippen LogP contribution in [0.15, 0.2) is 35.0 Å². The molecule has 2 aromatic heterocycles. The van der Waals surface area contributed by atoms with Crippen LogP contribution in [0.25, 0.3) is 22.6 Å². The number of hydrogen-bond donors (Lipinski definition) is 0. The molecule has 0 spiro atoms. The van der Waals surface area contributed by atoms with Crippen molar-refractivity contribution in [3.63, 3.8) is 0 Å². The van der Waals surface area contributed by atoms with Crippen molar-refractivity contribution >= 4 is 11.6 Å². The SMILES string of the molecule is Fc1cccc(Cl)c1-c1cc(-c2cnn(CC3CCOCC3)c2C(F)(F)F)on1. The van der Waals surface area contributed by atoms with Crippen LogP contribution < -0.4 is 0 Å². The van der Waals surface area contributed by atoms with Crippen LogP contribution in [0.3, 0.4) is 0 Å². The van der Waals surface area contributed by atoms with Gasteiger partial charge < -0.3 is 9.26 Å². The van der Waals surface area contributed by atoms with Crippen molar-refractivity contribution < 1.29 is 26.8 Å². The minimum atomic E-state index is -4.65. The Kier molecular flexibility index (Phi) is 5.35. The molecule has 1 aliphatic heterocycles. The van der Waals surface area contributed by atoms with Gasteiger partial charge in [0.25, 0.3) is 0 Å². The van der Waals surface area contributed by atoms with Crippen LogP contribution in [0.2, 0.25) is 5.02 Å². The van der Waals surface area contributed by atoms with Crippen LogP contribution in [0.1, 0.15) is 18.5 Å². The quantitative estimate of drug-likeness (QED) is 0.518. The summed E-state index contributed by atoms with van der Waals surface area (Å²) in [6.07, 6.45) is -2.22. The van der Waals surface area contributed by atoms with Gasteiger partial charge in [0.2, 0.25) is 0 Å². The lowest BCUT2D eigenvalue weighted by Gasteiger charge is -2.23. The lowest BCUT2D eigenvalue weighted by atomic mass is 10.0. The van der Waals surface area contributed by atoms with Gasteiger partial charge in [-0.25, -0.2) is 4.39 Å². The highest BCUT2D eigenvalue weighted by Gasteiger charge is 2.40. The normalized spacial score (nSPS) is 15.8. The van der Waals surface area contributed by atoms with Crippen molar-refractivity contribution in [3.05, 3.63) is 47.0 Å². The second kappa shape index (κ2) is 7.79. The van der Waals surface area contributed by atoms with Gasteiger partial charge in [0, 0.05) is 25.8 Å². The maximum Gasteiger partial charge on any atom is 0.433 e. The largest absolute Gasteiger partial charge is 0.433 e. The maximum atomic E-state index is 14.1. The van der Waals surface area contributed by atoms with Gasteiger partial charge in [-0.3, -0.25) is 4.68 Å². The standard InChI is InChI=1S/C19H16ClF4N3O2/c20-13-2-1-3-14(21)17(13)15-8-16(29-26-15)12-9-25-27(18(12)19(22,23)24)10-11-4-6-28-7-5-11/h1-3,8-9,11H,4-7,10H2. The van der Waals surface area contributed by atoms with E-state index < -0.39 is 17.7 Å². The first kappa shape index (κ1) is 19.9. The fraction of sp³-hybridized carbons (Fsp3) is 0.368. The Morgan fingerprint density at radius 1 is 1.21 bits per heavy atom. The van der Waals surface area contributed by atoms with Crippen LogP contribution >= 0.6 is 11.6 Å². The minimum absolute atomic E-state index is 0.00778. The van der Waals surface area contributed by atoms with Crippen LogP contribution in [-0.2, 0) is 17.5 Å².